The Morgan fingerprint density at radius 2 is 2.39 bits per heavy atom. The van der Waals surface area contributed by atoms with Gasteiger partial charge in [0, 0.05) is 25.0 Å². The average Bonchev–Trinajstić information content (AvgIpc) is 2.88. The Labute approximate surface area is 108 Å². The van der Waals surface area contributed by atoms with E-state index in [1.165, 1.54) is 19.4 Å². The van der Waals surface area contributed by atoms with Crippen molar-refractivity contribution in [3.05, 3.63) is 30.6 Å². The molecule has 2 aromatic rings. The second-order valence-electron chi connectivity index (χ2n) is 4.94. The molecule has 1 unspecified atom stereocenters. The Morgan fingerprint density at radius 3 is 3.28 bits per heavy atom. The fourth-order valence-electron chi connectivity index (χ4n) is 2.73. The van der Waals surface area contributed by atoms with E-state index in [9.17, 15) is 0 Å². The molecule has 0 spiro atoms. The lowest BCUT2D eigenvalue weighted by atomic mass is 10.1. The smallest absolute Gasteiger partial charge is 0.138 e. The predicted molar refractivity (Wildman–Crippen MR) is 74.0 cm³/mol. The molecule has 3 rings (SSSR count). The highest BCUT2D eigenvalue weighted by atomic mass is 15.2. The lowest BCUT2D eigenvalue weighted by molar-refractivity contribution is 0.226. The van der Waals surface area contributed by atoms with Crippen LogP contribution in [0.4, 0.5) is 5.82 Å². The second-order valence-corrected chi connectivity index (χ2v) is 4.94. The van der Waals surface area contributed by atoms with Crippen molar-refractivity contribution >= 4 is 11.5 Å². The maximum Gasteiger partial charge on any atom is 0.138 e. The Balaban J connectivity index is 1.77. The molecular weight excluding hydrogens is 224 g/mol. The van der Waals surface area contributed by atoms with Gasteiger partial charge in [-0.05, 0) is 38.1 Å². The molecule has 96 valence electrons. The van der Waals surface area contributed by atoms with Gasteiger partial charge >= 0.3 is 0 Å². The van der Waals surface area contributed by atoms with Crippen LogP contribution in [0.2, 0.25) is 0 Å². The zero-order chi connectivity index (χ0) is 12.4. The van der Waals surface area contributed by atoms with Crippen molar-refractivity contribution in [3.8, 4) is 0 Å². The third-order valence-electron chi connectivity index (χ3n) is 3.73. The molecule has 1 aliphatic rings. The van der Waals surface area contributed by atoms with Gasteiger partial charge in [0.05, 0.1) is 0 Å². The molecule has 18 heavy (non-hydrogen) atoms. The Kier molecular flexibility index (Phi) is 3.19. The van der Waals surface area contributed by atoms with Gasteiger partial charge in [0.2, 0.25) is 0 Å². The molecule has 4 heteroatoms. The normalized spacial score (nSPS) is 21.3. The van der Waals surface area contributed by atoms with Gasteiger partial charge in [-0.15, -0.1) is 0 Å². The Morgan fingerprint density at radius 1 is 1.44 bits per heavy atom. The first-order chi connectivity index (χ1) is 8.86. The van der Waals surface area contributed by atoms with Crippen LogP contribution in [0.25, 0.3) is 5.65 Å². The maximum atomic E-state index is 4.32. The van der Waals surface area contributed by atoms with E-state index in [0.29, 0.717) is 6.04 Å². The third-order valence-corrected chi connectivity index (χ3v) is 3.73. The van der Waals surface area contributed by atoms with Crippen LogP contribution in [0.3, 0.4) is 0 Å². The summed E-state index contributed by atoms with van der Waals surface area (Å²) in [5.74, 6) is 1.15. The number of fused-ring (bicyclic) bond motifs is 1. The molecule has 1 fully saturated rings. The molecule has 1 aliphatic heterocycles. The van der Waals surface area contributed by atoms with E-state index in [-0.39, 0.29) is 0 Å². The van der Waals surface area contributed by atoms with E-state index in [0.717, 1.165) is 24.6 Å². The van der Waals surface area contributed by atoms with Crippen LogP contribution in [0, 0.1) is 0 Å². The van der Waals surface area contributed by atoms with Crippen LogP contribution in [-0.4, -0.2) is 40.0 Å². The molecule has 4 nitrogen and oxygen atoms in total. The number of hydrogen-bond donors (Lipinski definition) is 1. The highest BCUT2D eigenvalue weighted by Gasteiger charge is 2.18. The summed E-state index contributed by atoms with van der Waals surface area (Å²) in [6, 6.07) is 6.77. The highest BCUT2D eigenvalue weighted by molar-refractivity contribution is 5.50. The summed E-state index contributed by atoms with van der Waals surface area (Å²) in [6.45, 7) is 5.76. The molecule has 0 bridgehead atoms. The molecule has 0 aliphatic carbocycles. The molecule has 1 N–H and O–H groups in total. The molecule has 3 heterocycles. The lowest BCUT2D eigenvalue weighted by Crippen LogP contribution is -2.42. The topological polar surface area (TPSA) is 32.6 Å². The molecule has 0 aromatic carbocycles. The van der Waals surface area contributed by atoms with Crippen molar-refractivity contribution in [2.75, 3.05) is 25.0 Å². The van der Waals surface area contributed by atoms with Crippen molar-refractivity contribution < 1.29 is 0 Å². The molecule has 0 amide bonds. The summed E-state index contributed by atoms with van der Waals surface area (Å²) in [4.78, 5) is 6.83. The fourth-order valence-corrected chi connectivity index (χ4v) is 2.73. The van der Waals surface area contributed by atoms with Crippen LogP contribution >= 0.6 is 0 Å². The zero-order valence-corrected chi connectivity index (χ0v) is 10.8. The first kappa shape index (κ1) is 11.5. The summed E-state index contributed by atoms with van der Waals surface area (Å²) in [5, 5.41) is 3.66. The lowest BCUT2D eigenvalue weighted by Gasteiger charge is -2.32. The first-order valence-corrected chi connectivity index (χ1v) is 6.78. The maximum absolute atomic E-state index is 4.32. The van der Waals surface area contributed by atoms with E-state index < -0.39 is 0 Å². The Hall–Kier alpha value is -1.55. The van der Waals surface area contributed by atoms with Crippen molar-refractivity contribution in [3.63, 3.8) is 0 Å². The summed E-state index contributed by atoms with van der Waals surface area (Å²) in [5.41, 5.74) is 1.00. The number of aromatic nitrogens is 2. The van der Waals surface area contributed by atoms with Gasteiger partial charge in [-0.2, -0.15) is 0 Å². The molecule has 1 saturated heterocycles. The number of piperidine rings is 1. The number of likely N-dealkylation sites (tertiary alicyclic amines) is 1. The van der Waals surface area contributed by atoms with Crippen LogP contribution in [0.15, 0.2) is 30.6 Å². The second kappa shape index (κ2) is 4.98. The van der Waals surface area contributed by atoms with Gasteiger partial charge in [0.1, 0.15) is 11.5 Å². The first-order valence-electron chi connectivity index (χ1n) is 6.78. The Bertz CT molecular complexity index is 519. The minimum atomic E-state index is 0.548. The standard InChI is InChI=1S/C14H20N4/c1-2-17-9-4-5-12(11-17)16-14-7-3-6-13-15-8-10-18(13)14/h3,6-8,10,12,16H,2,4-5,9,11H2,1H3. The highest BCUT2D eigenvalue weighted by Crippen LogP contribution is 2.17. The average molecular weight is 244 g/mol. The van der Waals surface area contributed by atoms with Gasteiger partial charge in [-0.1, -0.05) is 13.0 Å². The number of anilines is 1. The number of imidazole rings is 1. The van der Waals surface area contributed by atoms with Crippen LogP contribution < -0.4 is 5.32 Å². The molecule has 0 saturated carbocycles. The van der Waals surface area contributed by atoms with E-state index in [1.807, 2.05) is 18.5 Å². The van der Waals surface area contributed by atoms with Crippen LogP contribution in [0.1, 0.15) is 19.8 Å². The predicted octanol–water partition coefficient (Wildman–Crippen LogP) is 2.23. The SMILES string of the molecule is CCN1CCCC(Nc2cccc3nccn23)C1. The monoisotopic (exact) mass is 244 g/mol. The van der Waals surface area contributed by atoms with E-state index >= 15 is 0 Å². The minimum absolute atomic E-state index is 0.548. The van der Waals surface area contributed by atoms with Gasteiger partial charge in [0.25, 0.3) is 0 Å². The molecule has 1 atom stereocenters. The van der Waals surface area contributed by atoms with Gasteiger partial charge in [-0.3, -0.25) is 4.40 Å². The van der Waals surface area contributed by atoms with Crippen molar-refractivity contribution in [1.29, 1.82) is 0 Å². The van der Waals surface area contributed by atoms with E-state index in [1.54, 1.807) is 0 Å². The van der Waals surface area contributed by atoms with Crippen molar-refractivity contribution in [1.82, 2.24) is 14.3 Å². The number of likely N-dealkylation sites (N-methyl/N-ethyl adjacent to an activating group) is 1. The number of nitrogens with one attached hydrogen (secondary N) is 1. The number of hydrogen-bond acceptors (Lipinski definition) is 3. The number of rotatable bonds is 3. The van der Waals surface area contributed by atoms with Gasteiger partial charge in [0.15, 0.2) is 0 Å². The summed E-state index contributed by atoms with van der Waals surface area (Å²) >= 11 is 0. The van der Waals surface area contributed by atoms with E-state index in [4.69, 9.17) is 0 Å². The molecular formula is C14H20N4. The number of pyridine rings is 1. The van der Waals surface area contributed by atoms with Crippen LogP contribution in [-0.2, 0) is 0 Å². The largest absolute Gasteiger partial charge is 0.367 e. The third kappa shape index (κ3) is 2.20. The quantitative estimate of drug-likeness (QED) is 0.898. The summed E-state index contributed by atoms with van der Waals surface area (Å²) < 4.78 is 2.12. The van der Waals surface area contributed by atoms with Gasteiger partial charge in [-0.25, -0.2) is 4.98 Å². The van der Waals surface area contributed by atoms with Crippen LogP contribution in [0.5, 0.6) is 0 Å². The zero-order valence-electron chi connectivity index (χ0n) is 10.8. The fraction of sp³-hybridized carbons (Fsp3) is 0.500. The molecule has 0 radical (unpaired) electrons. The van der Waals surface area contributed by atoms with Gasteiger partial charge < -0.3 is 10.2 Å². The minimum Gasteiger partial charge on any atom is -0.367 e. The van der Waals surface area contributed by atoms with E-state index in [2.05, 4.69) is 38.7 Å². The summed E-state index contributed by atoms with van der Waals surface area (Å²) in [6.07, 6.45) is 6.39. The van der Waals surface area contributed by atoms with Crippen molar-refractivity contribution in [2.45, 2.75) is 25.8 Å². The van der Waals surface area contributed by atoms with Crippen molar-refractivity contribution in [2.24, 2.45) is 0 Å². The summed E-state index contributed by atoms with van der Waals surface area (Å²) in [7, 11) is 0. The number of nitrogens with zero attached hydrogens (tertiary/aromatic N) is 3. The molecule has 2 aromatic heterocycles.